The van der Waals surface area contributed by atoms with Gasteiger partial charge in [-0.05, 0) is 48.7 Å². The van der Waals surface area contributed by atoms with Crippen molar-refractivity contribution < 1.29 is 4.79 Å². The molecule has 94 valence electrons. The Balaban J connectivity index is 1.94. The SMILES string of the molecule is C[C@H]1CCC2=CC(=O)C[C@@H](c3ccccc3)[C@@H]2C1. The molecule has 2 aliphatic rings. The van der Waals surface area contributed by atoms with Crippen molar-refractivity contribution in [2.24, 2.45) is 11.8 Å². The van der Waals surface area contributed by atoms with Crippen LogP contribution in [-0.2, 0) is 4.79 Å². The minimum absolute atomic E-state index is 0.324. The highest BCUT2D eigenvalue weighted by Crippen LogP contribution is 2.45. The molecule has 1 heteroatoms. The third kappa shape index (κ3) is 2.14. The number of fused-ring (bicyclic) bond motifs is 1. The third-order valence-corrected chi connectivity index (χ3v) is 4.54. The molecule has 0 spiro atoms. The molecule has 0 radical (unpaired) electrons. The molecule has 0 unspecified atom stereocenters. The highest BCUT2D eigenvalue weighted by molar-refractivity contribution is 5.92. The van der Waals surface area contributed by atoms with Gasteiger partial charge < -0.3 is 0 Å². The van der Waals surface area contributed by atoms with Crippen LogP contribution in [-0.4, -0.2) is 5.78 Å². The molecule has 1 saturated carbocycles. The normalized spacial score (nSPS) is 31.7. The van der Waals surface area contributed by atoms with Crippen LogP contribution < -0.4 is 0 Å². The Labute approximate surface area is 109 Å². The summed E-state index contributed by atoms with van der Waals surface area (Å²) in [5.41, 5.74) is 2.76. The highest BCUT2D eigenvalue weighted by Gasteiger charge is 2.35. The molecule has 0 bridgehead atoms. The van der Waals surface area contributed by atoms with Gasteiger partial charge in [0.15, 0.2) is 5.78 Å². The van der Waals surface area contributed by atoms with Crippen molar-refractivity contribution in [3.63, 3.8) is 0 Å². The summed E-state index contributed by atoms with van der Waals surface area (Å²) in [6.45, 7) is 2.34. The molecule has 0 saturated heterocycles. The number of carbonyl (C=O) groups excluding carboxylic acids is 1. The Morgan fingerprint density at radius 2 is 1.89 bits per heavy atom. The fraction of sp³-hybridized carbons (Fsp3) is 0.471. The van der Waals surface area contributed by atoms with Crippen LogP contribution in [0.2, 0.25) is 0 Å². The molecular weight excluding hydrogens is 220 g/mol. The molecule has 1 fully saturated rings. The zero-order valence-electron chi connectivity index (χ0n) is 10.9. The predicted octanol–water partition coefficient (Wildman–Crippen LogP) is 4.11. The first-order chi connectivity index (χ1) is 8.74. The minimum Gasteiger partial charge on any atom is -0.295 e. The molecule has 0 aromatic heterocycles. The lowest BCUT2D eigenvalue weighted by Crippen LogP contribution is -2.28. The number of allylic oxidation sites excluding steroid dienone is 2. The van der Waals surface area contributed by atoms with E-state index in [0.717, 1.165) is 12.3 Å². The number of rotatable bonds is 1. The number of carbonyl (C=O) groups is 1. The van der Waals surface area contributed by atoms with E-state index in [1.165, 1.54) is 24.0 Å². The summed E-state index contributed by atoms with van der Waals surface area (Å²) in [5.74, 6) is 2.14. The van der Waals surface area contributed by atoms with E-state index in [4.69, 9.17) is 0 Å². The lowest BCUT2D eigenvalue weighted by molar-refractivity contribution is -0.115. The Hall–Kier alpha value is -1.37. The van der Waals surface area contributed by atoms with E-state index in [1.54, 1.807) is 0 Å². The molecule has 1 aromatic carbocycles. The third-order valence-electron chi connectivity index (χ3n) is 4.54. The zero-order valence-corrected chi connectivity index (χ0v) is 10.9. The maximum atomic E-state index is 11.9. The van der Waals surface area contributed by atoms with Gasteiger partial charge in [-0.15, -0.1) is 0 Å². The number of ketones is 1. The maximum absolute atomic E-state index is 11.9. The van der Waals surface area contributed by atoms with Crippen LogP contribution in [0.5, 0.6) is 0 Å². The molecule has 3 rings (SSSR count). The van der Waals surface area contributed by atoms with Gasteiger partial charge in [0.25, 0.3) is 0 Å². The van der Waals surface area contributed by atoms with Crippen molar-refractivity contribution in [3.8, 4) is 0 Å². The average molecular weight is 240 g/mol. The zero-order chi connectivity index (χ0) is 12.5. The highest BCUT2D eigenvalue weighted by atomic mass is 16.1. The smallest absolute Gasteiger partial charge is 0.156 e. The van der Waals surface area contributed by atoms with Crippen LogP contribution in [0.25, 0.3) is 0 Å². The van der Waals surface area contributed by atoms with Gasteiger partial charge in [-0.3, -0.25) is 4.79 Å². The van der Waals surface area contributed by atoms with Gasteiger partial charge in [0.1, 0.15) is 0 Å². The van der Waals surface area contributed by atoms with E-state index >= 15 is 0 Å². The first-order valence-corrected chi connectivity index (χ1v) is 7.02. The number of hydrogen-bond donors (Lipinski definition) is 0. The second kappa shape index (κ2) is 4.72. The van der Waals surface area contributed by atoms with Crippen LogP contribution in [0.1, 0.15) is 44.1 Å². The number of hydrogen-bond acceptors (Lipinski definition) is 1. The molecular formula is C17H20O. The first kappa shape index (κ1) is 11.7. The largest absolute Gasteiger partial charge is 0.295 e. The molecule has 3 atom stereocenters. The topological polar surface area (TPSA) is 17.1 Å². The summed E-state index contributed by atoms with van der Waals surface area (Å²) >= 11 is 0. The van der Waals surface area contributed by atoms with E-state index in [0.29, 0.717) is 24.0 Å². The van der Waals surface area contributed by atoms with Crippen LogP contribution in [0.4, 0.5) is 0 Å². The monoisotopic (exact) mass is 240 g/mol. The summed E-state index contributed by atoms with van der Waals surface area (Å²) in [5, 5.41) is 0. The maximum Gasteiger partial charge on any atom is 0.156 e. The van der Waals surface area contributed by atoms with Crippen molar-refractivity contribution in [2.45, 2.75) is 38.5 Å². The summed E-state index contributed by atoms with van der Waals surface area (Å²) in [4.78, 5) is 11.9. The van der Waals surface area contributed by atoms with Gasteiger partial charge >= 0.3 is 0 Å². The van der Waals surface area contributed by atoms with Crippen LogP contribution in [0, 0.1) is 11.8 Å². The lowest BCUT2D eigenvalue weighted by Gasteiger charge is -2.38. The molecule has 0 heterocycles. The molecule has 18 heavy (non-hydrogen) atoms. The Morgan fingerprint density at radius 3 is 2.67 bits per heavy atom. The Bertz CT molecular complexity index is 472. The van der Waals surface area contributed by atoms with Gasteiger partial charge in [-0.2, -0.15) is 0 Å². The molecule has 1 aromatic rings. The van der Waals surface area contributed by atoms with Gasteiger partial charge in [0.05, 0.1) is 0 Å². The van der Waals surface area contributed by atoms with Crippen molar-refractivity contribution in [3.05, 3.63) is 47.5 Å². The predicted molar refractivity (Wildman–Crippen MR) is 73.4 cm³/mol. The van der Waals surface area contributed by atoms with E-state index in [1.807, 2.05) is 12.1 Å². The summed E-state index contributed by atoms with van der Waals surface area (Å²) < 4.78 is 0. The summed E-state index contributed by atoms with van der Waals surface area (Å²) in [6.07, 6.45) is 6.26. The van der Waals surface area contributed by atoms with Gasteiger partial charge in [0, 0.05) is 6.42 Å². The second-order valence-corrected chi connectivity index (χ2v) is 5.89. The average Bonchev–Trinajstić information content (AvgIpc) is 2.39. The summed E-state index contributed by atoms with van der Waals surface area (Å²) in [6, 6.07) is 10.6. The Morgan fingerprint density at radius 1 is 1.11 bits per heavy atom. The van der Waals surface area contributed by atoms with Crippen molar-refractivity contribution in [2.75, 3.05) is 0 Å². The second-order valence-electron chi connectivity index (χ2n) is 5.89. The van der Waals surface area contributed by atoms with Crippen LogP contribution in [0.3, 0.4) is 0 Å². The van der Waals surface area contributed by atoms with Crippen LogP contribution in [0.15, 0.2) is 42.0 Å². The number of benzene rings is 1. The van der Waals surface area contributed by atoms with E-state index < -0.39 is 0 Å². The lowest BCUT2D eigenvalue weighted by atomic mass is 9.66. The fourth-order valence-corrected chi connectivity index (χ4v) is 3.58. The fourth-order valence-electron chi connectivity index (χ4n) is 3.58. The van der Waals surface area contributed by atoms with Crippen LogP contribution >= 0.6 is 0 Å². The van der Waals surface area contributed by atoms with Crippen molar-refractivity contribution in [1.29, 1.82) is 0 Å². The molecule has 0 aliphatic heterocycles. The summed E-state index contributed by atoms with van der Waals surface area (Å²) in [7, 11) is 0. The van der Waals surface area contributed by atoms with E-state index in [2.05, 4.69) is 31.2 Å². The van der Waals surface area contributed by atoms with Gasteiger partial charge in [0.2, 0.25) is 0 Å². The van der Waals surface area contributed by atoms with Crippen molar-refractivity contribution in [1.82, 2.24) is 0 Å². The Kier molecular flexibility index (Phi) is 3.07. The molecule has 0 amide bonds. The molecule has 0 N–H and O–H groups in total. The minimum atomic E-state index is 0.324. The van der Waals surface area contributed by atoms with E-state index in [-0.39, 0.29) is 0 Å². The van der Waals surface area contributed by atoms with Gasteiger partial charge in [-0.1, -0.05) is 42.8 Å². The standard InChI is InChI=1S/C17H20O/c1-12-7-8-14-10-15(18)11-17(16(14)9-12)13-5-3-2-4-6-13/h2-6,10,12,16-17H,7-9,11H2,1H3/t12-,16+,17-/m0/s1. The first-order valence-electron chi connectivity index (χ1n) is 7.02. The van der Waals surface area contributed by atoms with Gasteiger partial charge in [-0.25, -0.2) is 0 Å². The van der Waals surface area contributed by atoms with Crippen molar-refractivity contribution >= 4 is 5.78 Å². The van der Waals surface area contributed by atoms with E-state index in [9.17, 15) is 4.79 Å². The molecule has 2 aliphatic carbocycles. The molecule has 1 nitrogen and oxygen atoms in total. The quantitative estimate of drug-likeness (QED) is 0.722.